The number of hydrogen-bond acceptors (Lipinski definition) is 5. The lowest BCUT2D eigenvalue weighted by atomic mass is 10.3. The normalized spacial score (nSPS) is 28.7. The maximum Gasteiger partial charge on any atom is 0.534 e. The molecule has 0 aliphatic carbocycles. The first-order valence-electron chi connectivity index (χ1n) is 3.57. The molecule has 3 unspecified atom stereocenters. The van der Waals surface area contributed by atoms with Gasteiger partial charge in [-0.1, -0.05) is 2.85 Å². The molecule has 1 fully saturated rings. The van der Waals surface area contributed by atoms with Crippen LogP contribution in [0.15, 0.2) is 0 Å². The van der Waals surface area contributed by atoms with Crippen LogP contribution in [0.3, 0.4) is 0 Å². The fraction of sp³-hybridized carbons (Fsp3) is 1.00. The molecule has 3 atom stereocenters. The van der Waals surface area contributed by atoms with Crippen LogP contribution in [0, 0.1) is 0 Å². The first-order chi connectivity index (χ1) is 5.77. The van der Waals surface area contributed by atoms with Crippen LogP contribution in [0.5, 0.6) is 0 Å². The van der Waals surface area contributed by atoms with Crippen LogP contribution < -0.4 is 11.1 Å². The van der Waals surface area contributed by atoms with Crippen LogP contribution in [-0.4, -0.2) is 31.6 Å². The second-order valence-electron chi connectivity index (χ2n) is 2.46. The Kier molecular flexibility index (Phi) is 4.85. The number of nitrogens with one attached hydrogen (secondary N) is 1. The highest BCUT2D eigenvalue weighted by Gasteiger charge is 2.37. The summed E-state index contributed by atoms with van der Waals surface area (Å²) in [5, 5.41) is 2.97. The van der Waals surface area contributed by atoms with Gasteiger partial charge in [-0.15, -0.1) is 0 Å². The van der Waals surface area contributed by atoms with Gasteiger partial charge in [0.25, 0.3) is 0 Å². The second-order valence-corrected chi connectivity index (χ2v) is 4.76. The van der Waals surface area contributed by atoms with Crippen molar-refractivity contribution in [3.05, 3.63) is 0 Å². The predicted molar refractivity (Wildman–Crippen MR) is 53.3 cm³/mol. The smallest absolute Gasteiger partial charge is 0.367 e. The lowest BCUT2D eigenvalue weighted by Gasteiger charge is -1.91. The molecular formula is C5H11IN2O3P+. The third-order valence-corrected chi connectivity index (χ3v) is 3.54. The maximum atomic E-state index is 10.8. The summed E-state index contributed by atoms with van der Waals surface area (Å²) in [6, 6.07) is 0. The van der Waals surface area contributed by atoms with Gasteiger partial charge in [0.1, 0.15) is 0 Å². The van der Waals surface area contributed by atoms with E-state index in [2.05, 4.69) is 8.17 Å². The Labute approximate surface area is 85.9 Å². The van der Waals surface area contributed by atoms with Crippen LogP contribution in [0.1, 0.15) is 0 Å². The highest BCUT2D eigenvalue weighted by Crippen LogP contribution is 2.24. The third kappa shape index (κ3) is 3.59. The van der Waals surface area contributed by atoms with E-state index in [0.717, 1.165) is 0 Å². The zero-order valence-corrected chi connectivity index (χ0v) is 9.46. The Hall–Kier alpha value is 0.670. The van der Waals surface area contributed by atoms with Gasteiger partial charge in [0.05, 0.1) is 12.2 Å². The molecule has 5 nitrogen and oxygen atoms in total. The molecule has 1 aliphatic rings. The van der Waals surface area contributed by atoms with Crippen LogP contribution in [0.4, 0.5) is 0 Å². The van der Waals surface area contributed by atoms with Gasteiger partial charge in [0.15, 0.2) is 23.0 Å². The minimum Gasteiger partial charge on any atom is -0.367 e. The highest BCUT2D eigenvalue weighted by atomic mass is 127. The van der Waals surface area contributed by atoms with Gasteiger partial charge in [-0.3, -0.25) is 5.32 Å². The Balaban J connectivity index is 1.94. The summed E-state index contributed by atoms with van der Waals surface area (Å²) in [5.41, 5.74) is 5.35. The monoisotopic (exact) mass is 305 g/mol. The maximum absolute atomic E-state index is 10.8. The number of halogens is 1. The van der Waals surface area contributed by atoms with E-state index in [4.69, 9.17) is 10.5 Å². The number of hydrogen-bond donors (Lipinski definition) is 2. The average Bonchev–Trinajstić information content (AvgIpc) is 2.83. The van der Waals surface area contributed by atoms with Crippen molar-refractivity contribution in [2.45, 2.75) is 12.2 Å². The Morgan fingerprint density at radius 2 is 2.42 bits per heavy atom. The second kappa shape index (κ2) is 5.41. The molecule has 0 aromatic carbocycles. The summed E-state index contributed by atoms with van der Waals surface area (Å²) < 4.78 is 20.5. The van der Waals surface area contributed by atoms with E-state index >= 15 is 0 Å². The fourth-order valence-corrected chi connectivity index (χ4v) is 1.67. The molecular weight excluding hydrogens is 294 g/mol. The zero-order chi connectivity index (χ0) is 8.97. The van der Waals surface area contributed by atoms with Crippen molar-refractivity contribution >= 4 is 31.0 Å². The third-order valence-electron chi connectivity index (χ3n) is 1.58. The van der Waals surface area contributed by atoms with Gasteiger partial charge < -0.3 is 10.5 Å². The van der Waals surface area contributed by atoms with Gasteiger partial charge in [-0.25, -0.2) is 0 Å². The molecule has 1 heterocycles. The van der Waals surface area contributed by atoms with Gasteiger partial charge in [0.2, 0.25) is 6.29 Å². The molecule has 70 valence electrons. The molecule has 0 spiro atoms. The van der Waals surface area contributed by atoms with Gasteiger partial charge in [-0.2, -0.15) is 0 Å². The number of rotatable bonds is 6. The molecule has 0 bridgehead atoms. The highest BCUT2D eigenvalue weighted by molar-refractivity contribution is 14.1. The summed E-state index contributed by atoms with van der Waals surface area (Å²) in [6.07, 6.45) is 0.763. The first-order valence-corrected chi connectivity index (χ1v) is 5.82. The SMILES string of the molecule is NCC1OC1CNC[P+](=O)OI. The number of ether oxygens (including phenoxy) is 1. The molecule has 7 heteroatoms. The lowest BCUT2D eigenvalue weighted by Crippen LogP contribution is -2.22. The van der Waals surface area contributed by atoms with Gasteiger partial charge >= 0.3 is 8.03 Å². The van der Waals surface area contributed by atoms with Crippen molar-refractivity contribution in [1.29, 1.82) is 0 Å². The van der Waals surface area contributed by atoms with Crippen molar-refractivity contribution < 1.29 is 12.2 Å². The lowest BCUT2D eigenvalue weighted by molar-refractivity contribution is 0.368. The zero-order valence-electron chi connectivity index (χ0n) is 6.40. The molecule has 0 radical (unpaired) electrons. The topological polar surface area (TPSA) is 76.9 Å². The van der Waals surface area contributed by atoms with Crippen molar-refractivity contribution in [2.24, 2.45) is 5.73 Å². The molecule has 0 aromatic rings. The molecule has 0 saturated carbocycles. The van der Waals surface area contributed by atoms with E-state index in [1.165, 1.54) is 0 Å². The fourth-order valence-electron chi connectivity index (χ4n) is 0.889. The molecule has 0 amide bonds. The summed E-state index contributed by atoms with van der Waals surface area (Å²) >= 11 is 1.62. The minimum absolute atomic E-state index is 0.191. The van der Waals surface area contributed by atoms with E-state index in [0.29, 0.717) is 19.4 Å². The Morgan fingerprint density at radius 3 is 2.92 bits per heavy atom. The van der Waals surface area contributed by atoms with E-state index in [9.17, 15) is 4.57 Å². The Morgan fingerprint density at radius 1 is 1.67 bits per heavy atom. The molecule has 12 heavy (non-hydrogen) atoms. The Bertz CT molecular complexity index is 171. The van der Waals surface area contributed by atoms with Crippen LogP contribution in [-0.2, 0) is 12.2 Å². The molecule has 3 N–H and O–H groups in total. The quantitative estimate of drug-likeness (QED) is 0.421. The van der Waals surface area contributed by atoms with E-state index in [1.54, 1.807) is 23.0 Å². The summed E-state index contributed by atoms with van der Waals surface area (Å²) in [5.74, 6) is 0. The largest absolute Gasteiger partial charge is 0.534 e. The van der Waals surface area contributed by atoms with Crippen molar-refractivity contribution in [2.75, 3.05) is 19.4 Å². The molecule has 0 aromatic heterocycles. The van der Waals surface area contributed by atoms with E-state index in [1.807, 2.05) is 0 Å². The number of epoxide rings is 1. The first kappa shape index (κ1) is 10.7. The minimum atomic E-state index is -1.56. The summed E-state index contributed by atoms with van der Waals surface area (Å²) in [7, 11) is -1.56. The molecule has 1 rings (SSSR count). The summed E-state index contributed by atoms with van der Waals surface area (Å²) in [4.78, 5) is 0. The van der Waals surface area contributed by atoms with Crippen LogP contribution in [0.25, 0.3) is 0 Å². The molecule has 1 aliphatic heterocycles. The standard InChI is InChI=1S/C5H11IN2O3P/c6-11-12(9)3-8-2-5-4(1-7)10-5/h4-5,8H,1-3,7H2/q+1. The van der Waals surface area contributed by atoms with Gasteiger partial charge in [0, 0.05) is 13.1 Å². The van der Waals surface area contributed by atoms with E-state index in [-0.39, 0.29) is 12.2 Å². The summed E-state index contributed by atoms with van der Waals surface area (Å²) in [6.45, 7) is 1.25. The van der Waals surface area contributed by atoms with Crippen molar-refractivity contribution in [3.63, 3.8) is 0 Å². The van der Waals surface area contributed by atoms with E-state index < -0.39 is 8.03 Å². The van der Waals surface area contributed by atoms with Gasteiger partial charge in [-0.05, 0) is 4.57 Å². The van der Waals surface area contributed by atoms with Crippen molar-refractivity contribution in [1.82, 2.24) is 5.32 Å². The predicted octanol–water partition coefficient (Wildman–Crippen LogP) is 0.369. The number of nitrogens with two attached hydrogens (primary N) is 1. The van der Waals surface area contributed by atoms with Crippen molar-refractivity contribution in [3.8, 4) is 0 Å². The molecule has 1 saturated heterocycles. The van der Waals surface area contributed by atoms with Crippen LogP contribution in [0.2, 0.25) is 0 Å². The van der Waals surface area contributed by atoms with Crippen LogP contribution >= 0.6 is 31.0 Å². The average molecular weight is 305 g/mol.